The molecule has 7 heteroatoms. The molecule has 0 aliphatic heterocycles. The number of carbonyl (C=O) groups excluding carboxylic acids is 2. The van der Waals surface area contributed by atoms with Crippen LogP contribution in [0.3, 0.4) is 0 Å². The van der Waals surface area contributed by atoms with Crippen molar-refractivity contribution < 1.29 is 18.7 Å². The van der Waals surface area contributed by atoms with Gasteiger partial charge in [-0.2, -0.15) is 0 Å². The van der Waals surface area contributed by atoms with Gasteiger partial charge in [0.2, 0.25) is 0 Å². The van der Waals surface area contributed by atoms with Gasteiger partial charge in [0.05, 0.1) is 0 Å². The van der Waals surface area contributed by atoms with E-state index in [9.17, 15) is 14.0 Å². The molecule has 0 aliphatic carbocycles. The number of hydrazine groups is 1. The number of rotatable bonds is 4. The van der Waals surface area contributed by atoms with Gasteiger partial charge in [0, 0.05) is 10.0 Å². The first-order valence-corrected chi connectivity index (χ1v) is 7.53. The molecule has 23 heavy (non-hydrogen) atoms. The number of benzene rings is 2. The molecule has 0 radical (unpaired) electrons. The molecule has 2 N–H and O–H groups in total. The van der Waals surface area contributed by atoms with Gasteiger partial charge >= 0.3 is 0 Å². The lowest BCUT2D eigenvalue weighted by molar-refractivity contribution is -0.128. The lowest BCUT2D eigenvalue weighted by Crippen LogP contribution is -2.47. The van der Waals surface area contributed by atoms with E-state index >= 15 is 0 Å². The van der Waals surface area contributed by atoms with E-state index in [1.165, 1.54) is 12.1 Å². The van der Waals surface area contributed by atoms with Crippen molar-refractivity contribution in [2.45, 2.75) is 13.0 Å². The minimum absolute atomic E-state index is 0.230. The Balaban J connectivity index is 1.84. The monoisotopic (exact) mass is 380 g/mol. The second-order valence-corrected chi connectivity index (χ2v) is 5.58. The molecule has 0 aromatic heterocycles. The highest BCUT2D eigenvalue weighted by molar-refractivity contribution is 9.10. The van der Waals surface area contributed by atoms with Gasteiger partial charge in [0.25, 0.3) is 11.8 Å². The van der Waals surface area contributed by atoms with Gasteiger partial charge in [-0.1, -0.05) is 15.9 Å². The smallest absolute Gasteiger partial charge is 0.279 e. The van der Waals surface area contributed by atoms with Crippen LogP contribution in [0.1, 0.15) is 17.3 Å². The molecule has 2 rings (SSSR count). The number of hydrogen-bond acceptors (Lipinski definition) is 3. The minimum atomic E-state index is -0.801. The van der Waals surface area contributed by atoms with Gasteiger partial charge in [0.1, 0.15) is 11.6 Å². The largest absolute Gasteiger partial charge is 0.481 e. The van der Waals surface area contributed by atoms with Crippen molar-refractivity contribution >= 4 is 27.7 Å². The Labute approximate surface area is 140 Å². The first-order chi connectivity index (χ1) is 11.0. The molecular formula is C16H14BrFN2O3. The van der Waals surface area contributed by atoms with Gasteiger partial charge in [-0.05, 0) is 55.5 Å². The molecule has 1 atom stereocenters. The summed E-state index contributed by atoms with van der Waals surface area (Å²) in [6.45, 7) is 1.56. The van der Waals surface area contributed by atoms with E-state index in [1.807, 2.05) is 0 Å². The van der Waals surface area contributed by atoms with Crippen molar-refractivity contribution in [2.75, 3.05) is 0 Å². The molecule has 2 amide bonds. The maximum Gasteiger partial charge on any atom is 0.279 e. The van der Waals surface area contributed by atoms with Crippen LogP contribution in [0.4, 0.5) is 4.39 Å². The van der Waals surface area contributed by atoms with Crippen LogP contribution in [0, 0.1) is 5.82 Å². The van der Waals surface area contributed by atoms with E-state index in [4.69, 9.17) is 4.74 Å². The molecule has 0 unspecified atom stereocenters. The summed E-state index contributed by atoms with van der Waals surface area (Å²) >= 11 is 3.30. The van der Waals surface area contributed by atoms with Crippen LogP contribution in [0.25, 0.3) is 0 Å². The molecule has 0 bridgehead atoms. The van der Waals surface area contributed by atoms with Crippen molar-refractivity contribution in [1.82, 2.24) is 10.9 Å². The highest BCUT2D eigenvalue weighted by Crippen LogP contribution is 2.17. The number of nitrogens with one attached hydrogen (secondary N) is 2. The van der Waals surface area contributed by atoms with Gasteiger partial charge < -0.3 is 4.74 Å². The third-order valence-electron chi connectivity index (χ3n) is 2.90. The van der Waals surface area contributed by atoms with Crippen LogP contribution in [-0.2, 0) is 4.79 Å². The van der Waals surface area contributed by atoms with Gasteiger partial charge in [-0.15, -0.1) is 0 Å². The maximum atomic E-state index is 12.8. The summed E-state index contributed by atoms with van der Waals surface area (Å²) < 4.78 is 19.1. The third-order valence-corrected chi connectivity index (χ3v) is 3.43. The van der Waals surface area contributed by atoms with E-state index in [2.05, 4.69) is 26.8 Å². The second-order valence-electron chi connectivity index (χ2n) is 4.66. The first kappa shape index (κ1) is 17.0. The molecule has 0 saturated heterocycles. The normalized spacial score (nSPS) is 11.4. The third kappa shape index (κ3) is 5.07. The van der Waals surface area contributed by atoms with E-state index in [1.54, 1.807) is 31.2 Å². The molecule has 0 saturated carbocycles. The molecule has 0 aliphatic rings. The zero-order valence-corrected chi connectivity index (χ0v) is 13.8. The molecular weight excluding hydrogens is 367 g/mol. The molecule has 0 heterocycles. The van der Waals surface area contributed by atoms with E-state index in [0.717, 1.165) is 16.6 Å². The number of ether oxygens (including phenoxy) is 1. The summed E-state index contributed by atoms with van der Waals surface area (Å²) in [5.74, 6) is -0.972. The second kappa shape index (κ2) is 7.73. The molecule has 2 aromatic rings. The fourth-order valence-corrected chi connectivity index (χ4v) is 1.93. The number of amides is 2. The fourth-order valence-electron chi connectivity index (χ4n) is 1.66. The van der Waals surface area contributed by atoms with Gasteiger partial charge in [0.15, 0.2) is 6.10 Å². The maximum absolute atomic E-state index is 12.8. The average Bonchev–Trinajstić information content (AvgIpc) is 2.55. The Kier molecular flexibility index (Phi) is 5.70. The summed E-state index contributed by atoms with van der Waals surface area (Å²) in [5.41, 5.74) is 4.74. The Hall–Kier alpha value is -2.41. The first-order valence-electron chi connectivity index (χ1n) is 6.73. The SMILES string of the molecule is C[C@H](Oc1ccc(Br)cc1)C(=O)NNC(=O)c1ccc(F)cc1. The van der Waals surface area contributed by atoms with Crippen LogP contribution >= 0.6 is 15.9 Å². The van der Waals surface area contributed by atoms with Crippen LogP contribution in [0.15, 0.2) is 53.0 Å². The lowest BCUT2D eigenvalue weighted by Gasteiger charge is -2.15. The lowest BCUT2D eigenvalue weighted by atomic mass is 10.2. The van der Waals surface area contributed by atoms with Crippen molar-refractivity contribution in [3.8, 4) is 5.75 Å². The van der Waals surface area contributed by atoms with E-state index < -0.39 is 23.7 Å². The summed E-state index contributed by atoms with van der Waals surface area (Å²) in [7, 11) is 0. The van der Waals surface area contributed by atoms with Crippen LogP contribution in [0.2, 0.25) is 0 Å². The Morgan fingerprint density at radius 1 is 1.04 bits per heavy atom. The van der Waals surface area contributed by atoms with Crippen molar-refractivity contribution in [1.29, 1.82) is 0 Å². The molecule has 0 fully saturated rings. The molecule has 120 valence electrons. The summed E-state index contributed by atoms with van der Waals surface area (Å²) in [4.78, 5) is 23.7. The quantitative estimate of drug-likeness (QED) is 0.801. The Morgan fingerprint density at radius 2 is 1.65 bits per heavy atom. The number of carbonyl (C=O) groups is 2. The van der Waals surface area contributed by atoms with Gasteiger partial charge in [-0.25, -0.2) is 4.39 Å². The Morgan fingerprint density at radius 3 is 2.26 bits per heavy atom. The summed E-state index contributed by atoms with van der Waals surface area (Å²) in [5, 5.41) is 0. The highest BCUT2D eigenvalue weighted by Gasteiger charge is 2.15. The number of halogens is 2. The van der Waals surface area contributed by atoms with Crippen LogP contribution < -0.4 is 15.6 Å². The van der Waals surface area contributed by atoms with Crippen molar-refractivity contribution in [3.05, 3.63) is 64.4 Å². The van der Waals surface area contributed by atoms with E-state index in [0.29, 0.717) is 5.75 Å². The molecule has 0 spiro atoms. The summed E-state index contributed by atoms with van der Waals surface area (Å²) in [6.07, 6.45) is -0.801. The zero-order chi connectivity index (χ0) is 16.8. The van der Waals surface area contributed by atoms with Crippen LogP contribution in [-0.4, -0.2) is 17.9 Å². The summed E-state index contributed by atoms with van der Waals surface area (Å²) in [6, 6.07) is 12.0. The zero-order valence-electron chi connectivity index (χ0n) is 12.2. The van der Waals surface area contributed by atoms with Gasteiger partial charge in [-0.3, -0.25) is 20.4 Å². The Bertz CT molecular complexity index is 689. The van der Waals surface area contributed by atoms with Crippen LogP contribution in [0.5, 0.6) is 5.75 Å². The van der Waals surface area contributed by atoms with Crippen molar-refractivity contribution in [2.24, 2.45) is 0 Å². The standard InChI is InChI=1S/C16H14BrFN2O3/c1-10(23-14-8-4-12(17)5-9-14)15(21)19-20-16(22)11-2-6-13(18)7-3-11/h2-10H,1H3,(H,19,21)(H,20,22)/t10-/m0/s1. The van der Waals surface area contributed by atoms with E-state index in [-0.39, 0.29) is 5.56 Å². The topological polar surface area (TPSA) is 67.4 Å². The number of hydrogen-bond donors (Lipinski definition) is 2. The minimum Gasteiger partial charge on any atom is -0.481 e. The average molecular weight is 381 g/mol. The predicted octanol–water partition coefficient (Wildman–Crippen LogP) is 2.82. The van der Waals surface area contributed by atoms with Crippen molar-refractivity contribution in [3.63, 3.8) is 0 Å². The fraction of sp³-hybridized carbons (Fsp3) is 0.125. The highest BCUT2D eigenvalue weighted by atomic mass is 79.9. The predicted molar refractivity (Wildman–Crippen MR) is 86.2 cm³/mol. The molecule has 2 aromatic carbocycles. The molecule has 5 nitrogen and oxygen atoms in total.